The summed E-state index contributed by atoms with van der Waals surface area (Å²) in [5, 5.41) is 10.1. The second-order valence-corrected chi connectivity index (χ2v) is 9.74. The zero-order valence-corrected chi connectivity index (χ0v) is 24.1. The number of rotatable bonds is 28. The highest BCUT2D eigenvalue weighted by atomic mass is 16.7. The van der Waals surface area contributed by atoms with Crippen molar-refractivity contribution in [1.82, 2.24) is 0 Å². The normalized spacial score (nSPS) is 12.9. The highest BCUT2D eigenvalue weighted by Gasteiger charge is 2.42. The van der Waals surface area contributed by atoms with Crippen LogP contribution in [0.1, 0.15) is 104 Å². The summed E-state index contributed by atoms with van der Waals surface area (Å²) in [6.07, 6.45) is 16.3. The lowest BCUT2D eigenvalue weighted by Crippen LogP contribution is -2.48. The first-order valence-corrected chi connectivity index (χ1v) is 15.0. The van der Waals surface area contributed by atoms with Crippen molar-refractivity contribution in [2.24, 2.45) is 0 Å². The number of carboxylic acid groups (broad SMARTS) is 1. The van der Waals surface area contributed by atoms with Crippen molar-refractivity contribution in [1.29, 1.82) is 0 Å². The van der Waals surface area contributed by atoms with Crippen LogP contribution >= 0.6 is 0 Å². The highest BCUT2D eigenvalue weighted by Crippen LogP contribution is 2.26. The predicted molar refractivity (Wildman–Crippen MR) is 152 cm³/mol. The van der Waals surface area contributed by atoms with Gasteiger partial charge in [0.25, 0.3) is 0 Å². The Kier molecular flexibility index (Phi) is 22.0. The second-order valence-electron chi connectivity index (χ2n) is 9.74. The van der Waals surface area contributed by atoms with E-state index in [1.54, 1.807) is 12.1 Å². The van der Waals surface area contributed by atoms with Gasteiger partial charge in [0.1, 0.15) is 5.75 Å². The Morgan fingerprint density at radius 1 is 0.658 bits per heavy atom. The summed E-state index contributed by atoms with van der Waals surface area (Å²) in [6.45, 7) is 7.22. The van der Waals surface area contributed by atoms with Crippen LogP contribution in [-0.2, 0) is 23.7 Å². The van der Waals surface area contributed by atoms with Crippen molar-refractivity contribution in [3.05, 3.63) is 30.3 Å². The number of hydrogen-bond acceptors (Lipinski definition) is 6. The lowest BCUT2D eigenvalue weighted by atomic mass is 10.0. The van der Waals surface area contributed by atoms with Gasteiger partial charge >= 0.3 is 11.8 Å². The molecule has 1 atom stereocenters. The molecule has 0 spiro atoms. The molecule has 0 heterocycles. The molecule has 7 heteroatoms. The van der Waals surface area contributed by atoms with Gasteiger partial charge in [-0.05, 0) is 25.5 Å². The fraction of sp³-hybridized carbons (Fsp3) is 0.774. The molecule has 0 aliphatic rings. The van der Waals surface area contributed by atoms with Crippen molar-refractivity contribution in [2.45, 2.75) is 110 Å². The number of aliphatic carboxylic acids is 1. The largest absolute Gasteiger partial charge is 0.476 e. The van der Waals surface area contributed by atoms with Gasteiger partial charge in [0.2, 0.25) is 0 Å². The third-order valence-corrected chi connectivity index (χ3v) is 6.47. The minimum Gasteiger partial charge on any atom is -0.476 e. The van der Waals surface area contributed by atoms with E-state index in [9.17, 15) is 9.90 Å². The molecular weight excluding hydrogens is 484 g/mol. The molecule has 1 aromatic rings. The Bertz CT molecular complexity index is 655. The zero-order chi connectivity index (χ0) is 27.6. The van der Waals surface area contributed by atoms with Crippen molar-refractivity contribution >= 4 is 5.97 Å². The van der Waals surface area contributed by atoms with E-state index in [0.29, 0.717) is 38.8 Å². The van der Waals surface area contributed by atoms with Crippen LogP contribution in [0.2, 0.25) is 0 Å². The predicted octanol–water partition coefficient (Wildman–Crippen LogP) is 7.41. The van der Waals surface area contributed by atoms with Gasteiger partial charge in [0.15, 0.2) is 0 Å². The third-order valence-electron chi connectivity index (χ3n) is 6.47. The maximum absolute atomic E-state index is 12.3. The van der Waals surface area contributed by atoms with Crippen LogP contribution in [0.3, 0.4) is 0 Å². The number of ether oxygens (including phenoxy) is 5. The fourth-order valence-corrected chi connectivity index (χ4v) is 4.27. The monoisotopic (exact) mass is 538 g/mol. The van der Waals surface area contributed by atoms with Crippen molar-refractivity contribution in [3.63, 3.8) is 0 Å². The average Bonchev–Trinajstić information content (AvgIpc) is 2.92. The summed E-state index contributed by atoms with van der Waals surface area (Å²) < 4.78 is 28.0. The number of carboxylic acids is 1. The Balaban J connectivity index is 2.33. The van der Waals surface area contributed by atoms with E-state index in [4.69, 9.17) is 23.7 Å². The van der Waals surface area contributed by atoms with Gasteiger partial charge in [0.05, 0.1) is 39.6 Å². The molecule has 1 aromatic carbocycles. The highest BCUT2D eigenvalue weighted by molar-refractivity contribution is 5.76. The Morgan fingerprint density at radius 2 is 1.13 bits per heavy atom. The number of benzene rings is 1. The molecule has 1 N–H and O–H groups in total. The van der Waals surface area contributed by atoms with Gasteiger partial charge in [-0.15, -0.1) is 0 Å². The Hall–Kier alpha value is -1.67. The molecule has 0 aliphatic heterocycles. The number of unbranched alkanes of at least 4 members (excludes halogenated alkanes) is 12. The number of carbonyl (C=O) groups is 1. The van der Waals surface area contributed by atoms with Crippen LogP contribution in [0.4, 0.5) is 0 Å². The minimum absolute atomic E-state index is 0.122. The van der Waals surface area contributed by atoms with Gasteiger partial charge in [-0.1, -0.05) is 102 Å². The van der Waals surface area contributed by atoms with Gasteiger partial charge in [-0.2, -0.15) is 0 Å². The van der Waals surface area contributed by atoms with E-state index in [1.165, 1.54) is 64.2 Å². The van der Waals surface area contributed by atoms with Crippen LogP contribution in [0, 0.1) is 0 Å². The van der Waals surface area contributed by atoms with Crippen LogP contribution in [0.5, 0.6) is 5.75 Å². The maximum atomic E-state index is 12.3. The first-order valence-electron chi connectivity index (χ1n) is 15.0. The second kappa shape index (κ2) is 24.4. The molecule has 7 nitrogen and oxygen atoms in total. The third kappa shape index (κ3) is 17.8. The van der Waals surface area contributed by atoms with Crippen LogP contribution in [-0.4, -0.2) is 63.1 Å². The van der Waals surface area contributed by atoms with E-state index in [1.807, 2.05) is 25.1 Å². The molecule has 0 radical (unpaired) electrons. The number of para-hydroxylation sites is 1. The average molecular weight is 539 g/mol. The molecule has 0 saturated carbocycles. The smallest absolute Gasteiger partial charge is 0.377 e. The van der Waals surface area contributed by atoms with Crippen LogP contribution in [0.25, 0.3) is 0 Å². The van der Waals surface area contributed by atoms with Crippen molar-refractivity contribution in [2.75, 3.05) is 46.2 Å². The molecule has 1 unspecified atom stereocenters. The van der Waals surface area contributed by atoms with E-state index in [0.717, 1.165) is 19.3 Å². The summed E-state index contributed by atoms with van der Waals surface area (Å²) in [6, 6.07) is 9.01. The standard InChI is InChI=1S/C31H54O7/c1-3-5-6-7-8-9-10-11-12-13-14-15-19-22-31(30(32)33,38-29-20-17-16-18-21-29)37-28-27-36-26-25-35-24-23-34-4-2/h16-18,20-21H,3-15,19,22-28H2,1-2H3,(H,32,33). The van der Waals surface area contributed by atoms with Crippen molar-refractivity contribution in [3.8, 4) is 5.75 Å². The van der Waals surface area contributed by atoms with Gasteiger partial charge in [-0.3, -0.25) is 0 Å². The SMILES string of the molecule is CCCCCCCCCCCCCCCC(OCCOCCOCCOCC)(Oc1ccccc1)C(=O)O. The lowest BCUT2D eigenvalue weighted by molar-refractivity contribution is -0.218. The summed E-state index contributed by atoms with van der Waals surface area (Å²) in [5.74, 6) is -2.36. The van der Waals surface area contributed by atoms with Crippen molar-refractivity contribution < 1.29 is 33.6 Å². The first kappa shape index (κ1) is 34.4. The molecule has 0 aromatic heterocycles. The summed E-state index contributed by atoms with van der Waals surface area (Å²) in [7, 11) is 0. The lowest BCUT2D eigenvalue weighted by Gasteiger charge is -2.30. The Labute approximate surface area is 231 Å². The fourth-order valence-electron chi connectivity index (χ4n) is 4.27. The quantitative estimate of drug-likeness (QED) is 0.0878. The first-order chi connectivity index (χ1) is 18.6. The Morgan fingerprint density at radius 3 is 1.63 bits per heavy atom. The molecule has 0 amide bonds. The molecule has 0 saturated heterocycles. The van der Waals surface area contributed by atoms with Gasteiger partial charge < -0.3 is 28.8 Å². The summed E-state index contributed by atoms with van der Waals surface area (Å²) in [5.41, 5.74) is 0. The maximum Gasteiger partial charge on any atom is 0.377 e. The number of hydrogen-bond donors (Lipinski definition) is 1. The molecule has 0 fully saturated rings. The van der Waals surface area contributed by atoms with Gasteiger partial charge in [-0.25, -0.2) is 4.79 Å². The van der Waals surface area contributed by atoms with Crippen LogP contribution < -0.4 is 4.74 Å². The van der Waals surface area contributed by atoms with E-state index in [-0.39, 0.29) is 19.6 Å². The molecule has 0 bridgehead atoms. The van der Waals surface area contributed by atoms with E-state index < -0.39 is 11.8 Å². The summed E-state index contributed by atoms with van der Waals surface area (Å²) >= 11 is 0. The molecule has 0 aliphatic carbocycles. The topological polar surface area (TPSA) is 83.5 Å². The van der Waals surface area contributed by atoms with Crippen LogP contribution in [0.15, 0.2) is 30.3 Å². The molecule has 1 rings (SSSR count). The molecule has 38 heavy (non-hydrogen) atoms. The molecular formula is C31H54O7. The minimum atomic E-state index is -1.73. The van der Waals surface area contributed by atoms with E-state index >= 15 is 0 Å². The zero-order valence-electron chi connectivity index (χ0n) is 24.1. The molecule has 220 valence electrons. The summed E-state index contributed by atoms with van der Waals surface area (Å²) in [4.78, 5) is 12.3. The van der Waals surface area contributed by atoms with E-state index in [2.05, 4.69) is 6.92 Å². The van der Waals surface area contributed by atoms with Gasteiger partial charge in [0, 0.05) is 13.0 Å².